The van der Waals surface area contributed by atoms with E-state index in [1.54, 1.807) is 0 Å². The second-order valence-corrected chi connectivity index (χ2v) is 2.61. The molecule has 5 heteroatoms. The molecule has 13 heavy (non-hydrogen) atoms. The largest absolute Gasteiger partial charge is 0.320 e. The molecule has 0 amide bonds. The first-order chi connectivity index (χ1) is 6.16. The van der Waals surface area contributed by atoms with Gasteiger partial charge in [-0.05, 0) is 18.2 Å². The molecule has 0 spiro atoms. The molecule has 0 bridgehead atoms. The van der Waals surface area contributed by atoms with Crippen LogP contribution in [-0.2, 0) is 0 Å². The number of aromatic nitrogens is 2. The van der Waals surface area contributed by atoms with Crippen molar-refractivity contribution in [2.45, 2.75) is 0 Å². The summed E-state index contributed by atoms with van der Waals surface area (Å²) in [6.45, 7) is 0. The number of nitrogens with zero attached hydrogens (tertiary/aromatic N) is 1. The third-order valence-electron chi connectivity index (χ3n) is 1.68. The van der Waals surface area contributed by atoms with E-state index >= 15 is 0 Å². The van der Waals surface area contributed by atoms with Crippen molar-refractivity contribution in [3.8, 4) is 0 Å². The number of H-pyrrole nitrogens is 1. The zero-order chi connectivity index (χ0) is 9.42. The number of aromatic amines is 1. The van der Waals surface area contributed by atoms with Crippen LogP contribution in [-0.4, -0.2) is 17.8 Å². The van der Waals surface area contributed by atoms with Gasteiger partial charge in [0.2, 0.25) is 0 Å². The topological polar surface area (TPSA) is 45.8 Å². The fourth-order valence-corrected chi connectivity index (χ4v) is 1.07. The van der Waals surface area contributed by atoms with Gasteiger partial charge in [0, 0.05) is 0 Å². The van der Waals surface area contributed by atoms with E-state index in [2.05, 4.69) is 9.97 Å². The van der Waals surface area contributed by atoms with Crippen LogP contribution in [0.2, 0.25) is 0 Å². The Balaban J connectivity index is 2.89. The number of nitrogens with one attached hydrogen (secondary N) is 1. The Kier molecular flexibility index (Phi) is 1.65. The number of hydrogen-bond acceptors (Lipinski definition) is 2. The van der Waals surface area contributed by atoms with Gasteiger partial charge in [0.25, 0.3) is 5.56 Å². The highest BCUT2D eigenvalue weighted by molar-refractivity contribution is 6.30. The molecule has 0 atom stereocenters. The van der Waals surface area contributed by atoms with Gasteiger partial charge in [-0.3, -0.25) is 9.78 Å². The van der Waals surface area contributed by atoms with Gasteiger partial charge in [-0.1, -0.05) is 0 Å². The van der Waals surface area contributed by atoms with Crippen LogP contribution in [0.5, 0.6) is 0 Å². The average molecular weight is 174 g/mol. The average Bonchev–Trinajstić information content (AvgIpc) is 2.08. The molecule has 0 aliphatic carbocycles. The van der Waals surface area contributed by atoms with Crippen LogP contribution in [0.15, 0.2) is 23.0 Å². The second-order valence-electron chi connectivity index (χ2n) is 2.61. The first kappa shape index (κ1) is 7.98. The minimum Gasteiger partial charge on any atom is -0.320 e. The molecule has 0 saturated heterocycles. The molecule has 2 aromatic rings. The van der Waals surface area contributed by atoms with Crippen LogP contribution < -0.4 is 11.2 Å². The van der Waals surface area contributed by atoms with Crippen molar-refractivity contribution >= 4 is 24.5 Å². The highest BCUT2D eigenvalue weighted by Crippen LogP contribution is 2.06. The van der Waals surface area contributed by atoms with Crippen molar-refractivity contribution < 1.29 is 4.39 Å². The first-order valence-corrected chi connectivity index (χ1v) is 3.62. The van der Waals surface area contributed by atoms with Crippen LogP contribution in [0.3, 0.4) is 0 Å². The van der Waals surface area contributed by atoms with Crippen molar-refractivity contribution in [3.05, 3.63) is 34.4 Å². The minimum atomic E-state index is -0.502. The maximum Gasteiger partial charge on any atom is 0.259 e. The number of fused-ring (bicyclic) bond motifs is 1. The highest BCUT2D eigenvalue weighted by atomic mass is 19.1. The molecular weight excluding hydrogens is 170 g/mol. The molecule has 0 aliphatic heterocycles. The first-order valence-electron chi connectivity index (χ1n) is 3.62. The van der Waals surface area contributed by atoms with Gasteiger partial charge in [0.05, 0.1) is 16.6 Å². The quantitative estimate of drug-likeness (QED) is 0.564. The number of rotatable bonds is 0. The van der Waals surface area contributed by atoms with Crippen molar-refractivity contribution in [1.29, 1.82) is 0 Å². The summed E-state index contributed by atoms with van der Waals surface area (Å²) >= 11 is 0. The second kappa shape index (κ2) is 2.69. The van der Waals surface area contributed by atoms with E-state index in [4.69, 9.17) is 7.85 Å². The summed E-state index contributed by atoms with van der Waals surface area (Å²) in [7, 11) is 5.28. The summed E-state index contributed by atoms with van der Waals surface area (Å²) < 4.78 is 12.7. The molecule has 0 unspecified atom stereocenters. The van der Waals surface area contributed by atoms with E-state index in [0.29, 0.717) is 11.0 Å². The maximum absolute atomic E-state index is 12.7. The Labute approximate surface area is 74.0 Å². The van der Waals surface area contributed by atoms with Crippen molar-refractivity contribution in [2.75, 3.05) is 0 Å². The molecular formula is C8H4BFN2O. The van der Waals surface area contributed by atoms with Crippen LogP contribution in [0.1, 0.15) is 0 Å². The summed E-state index contributed by atoms with van der Waals surface area (Å²) in [6.07, 6.45) is 0. The molecule has 0 saturated carbocycles. The molecule has 62 valence electrons. The lowest BCUT2D eigenvalue weighted by Crippen LogP contribution is -2.30. The smallest absolute Gasteiger partial charge is 0.259 e. The molecule has 1 aromatic carbocycles. The Morgan fingerprint density at radius 3 is 3.00 bits per heavy atom. The number of hydrogen-bond donors (Lipinski definition) is 1. The predicted molar refractivity (Wildman–Crippen MR) is 47.7 cm³/mol. The van der Waals surface area contributed by atoms with Crippen molar-refractivity contribution in [2.24, 2.45) is 0 Å². The molecule has 3 nitrogen and oxygen atoms in total. The van der Waals surface area contributed by atoms with Crippen LogP contribution in [0.4, 0.5) is 4.39 Å². The van der Waals surface area contributed by atoms with E-state index in [1.807, 2.05) is 0 Å². The third-order valence-corrected chi connectivity index (χ3v) is 1.68. The van der Waals surface area contributed by atoms with Crippen molar-refractivity contribution in [1.82, 2.24) is 9.97 Å². The van der Waals surface area contributed by atoms with Gasteiger partial charge in [0.15, 0.2) is 0 Å². The van der Waals surface area contributed by atoms with E-state index in [0.717, 1.165) is 0 Å². The number of halogens is 1. The normalized spacial score (nSPS) is 10.5. The Hall–Kier alpha value is -1.65. The van der Waals surface area contributed by atoms with Gasteiger partial charge in [0.1, 0.15) is 13.7 Å². The Morgan fingerprint density at radius 1 is 1.46 bits per heavy atom. The lowest BCUT2D eigenvalue weighted by atomic mass is 10.1. The fraction of sp³-hybridized carbons (Fsp3) is 0. The van der Waals surface area contributed by atoms with Gasteiger partial charge in [-0.2, -0.15) is 0 Å². The van der Waals surface area contributed by atoms with Gasteiger partial charge in [-0.25, -0.2) is 4.39 Å². The summed E-state index contributed by atoms with van der Waals surface area (Å²) in [6, 6.07) is 3.91. The third kappa shape index (κ3) is 1.33. The predicted octanol–water partition coefficient (Wildman–Crippen LogP) is -0.144. The molecule has 0 fully saturated rings. The standard InChI is InChI=1S/C8H4BFN2O/c9-7-8(13)12-6-3-4(10)1-2-5(6)11-7/h1-3H,(H,12,13). The van der Waals surface area contributed by atoms with Crippen LogP contribution >= 0.6 is 0 Å². The van der Waals surface area contributed by atoms with Gasteiger partial charge < -0.3 is 4.98 Å². The lowest BCUT2D eigenvalue weighted by molar-refractivity contribution is 0.629. The monoisotopic (exact) mass is 174 g/mol. The van der Waals surface area contributed by atoms with Crippen LogP contribution in [0, 0.1) is 5.82 Å². The van der Waals surface area contributed by atoms with Crippen molar-refractivity contribution in [3.63, 3.8) is 0 Å². The lowest BCUT2D eigenvalue weighted by Gasteiger charge is -1.97. The molecule has 1 N–H and O–H groups in total. The number of benzene rings is 1. The minimum absolute atomic E-state index is 0.112. The molecule has 2 rings (SSSR count). The summed E-state index contributed by atoms with van der Waals surface area (Å²) in [4.78, 5) is 17.2. The Morgan fingerprint density at radius 2 is 2.23 bits per heavy atom. The van der Waals surface area contributed by atoms with Gasteiger partial charge in [-0.15, -0.1) is 0 Å². The highest BCUT2D eigenvalue weighted by Gasteiger charge is 2.00. The van der Waals surface area contributed by atoms with E-state index in [9.17, 15) is 9.18 Å². The van der Waals surface area contributed by atoms with E-state index < -0.39 is 11.4 Å². The SMILES string of the molecule is [B]c1nc2ccc(F)cc2[nH]c1=O. The van der Waals surface area contributed by atoms with Crippen LogP contribution in [0.25, 0.3) is 11.0 Å². The summed E-state index contributed by atoms with van der Waals surface area (Å²) in [5, 5.41) is 0. The van der Waals surface area contributed by atoms with Gasteiger partial charge >= 0.3 is 0 Å². The van der Waals surface area contributed by atoms with E-state index in [1.165, 1.54) is 18.2 Å². The summed E-state index contributed by atoms with van der Waals surface area (Å²) in [5.74, 6) is -0.422. The molecule has 2 radical (unpaired) electrons. The maximum atomic E-state index is 12.7. The molecule has 1 heterocycles. The molecule has 1 aromatic heterocycles. The van der Waals surface area contributed by atoms with E-state index in [-0.39, 0.29) is 5.59 Å². The Bertz CT molecular complexity index is 523. The zero-order valence-corrected chi connectivity index (χ0v) is 6.54. The molecule has 0 aliphatic rings. The fourth-order valence-electron chi connectivity index (χ4n) is 1.07. The zero-order valence-electron chi connectivity index (χ0n) is 6.54. The summed E-state index contributed by atoms with van der Waals surface area (Å²) in [5.41, 5.74) is 0.204.